The Balaban J connectivity index is 1.85. The molecule has 2 heterocycles. The van der Waals surface area contributed by atoms with Crippen LogP contribution in [-0.4, -0.2) is 31.5 Å². The largest absolute Gasteiger partial charge is 0.481 e. The molecule has 0 bridgehead atoms. The average Bonchev–Trinajstić information content (AvgIpc) is 3.16. The summed E-state index contributed by atoms with van der Waals surface area (Å²) in [5, 5.41) is 12.3. The molecule has 1 amide bonds. The summed E-state index contributed by atoms with van der Waals surface area (Å²) in [6.45, 7) is 0. The zero-order chi connectivity index (χ0) is 18.5. The quantitative estimate of drug-likeness (QED) is 0.695. The number of carbonyl (C=O) groups excluding carboxylic acids is 1. The number of imidazole rings is 1. The number of carbonyl (C=O) groups is 2. The van der Waals surface area contributed by atoms with Crippen molar-refractivity contribution in [2.75, 3.05) is 0 Å². The third-order valence-corrected chi connectivity index (χ3v) is 4.04. The molecule has 0 saturated heterocycles. The van der Waals surface area contributed by atoms with Crippen LogP contribution in [0, 0.1) is 0 Å². The molecule has 0 aliphatic heterocycles. The summed E-state index contributed by atoms with van der Waals surface area (Å²) in [6, 6.07) is 11.0. The molecular formula is C18H15ClN4O3. The van der Waals surface area contributed by atoms with Gasteiger partial charge in [0.05, 0.1) is 12.5 Å². The van der Waals surface area contributed by atoms with E-state index in [-0.39, 0.29) is 12.1 Å². The van der Waals surface area contributed by atoms with Gasteiger partial charge in [0, 0.05) is 17.4 Å². The van der Waals surface area contributed by atoms with Gasteiger partial charge in [-0.15, -0.1) is 0 Å². The van der Waals surface area contributed by atoms with Crippen LogP contribution < -0.4 is 5.32 Å². The molecule has 1 atom stereocenters. The Morgan fingerprint density at radius 2 is 2.00 bits per heavy atom. The minimum Gasteiger partial charge on any atom is -0.481 e. The van der Waals surface area contributed by atoms with Gasteiger partial charge in [0.25, 0.3) is 5.91 Å². The van der Waals surface area contributed by atoms with Gasteiger partial charge in [-0.25, -0.2) is 9.97 Å². The van der Waals surface area contributed by atoms with E-state index in [0.717, 1.165) is 0 Å². The smallest absolute Gasteiger partial charge is 0.305 e. The van der Waals surface area contributed by atoms with Gasteiger partial charge in [-0.05, 0) is 23.8 Å². The molecular weight excluding hydrogens is 356 g/mol. The SMILES string of the molecule is O=C(O)CC(NC(=O)c1cccc(-n2ccnc2)n1)c1ccccc1Cl. The zero-order valence-corrected chi connectivity index (χ0v) is 14.3. The summed E-state index contributed by atoms with van der Waals surface area (Å²) in [4.78, 5) is 32.1. The van der Waals surface area contributed by atoms with Crippen molar-refractivity contribution in [3.05, 3.63) is 77.5 Å². The number of benzene rings is 1. The third kappa shape index (κ3) is 4.07. The van der Waals surface area contributed by atoms with Gasteiger partial charge < -0.3 is 10.4 Å². The normalized spacial score (nSPS) is 11.7. The number of hydrogen-bond acceptors (Lipinski definition) is 4. The number of nitrogens with one attached hydrogen (secondary N) is 1. The van der Waals surface area contributed by atoms with Gasteiger partial charge in [-0.3, -0.25) is 14.2 Å². The van der Waals surface area contributed by atoms with Crippen LogP contribution in [0.3, 0.4) is 0 Å². The molecule has 0 spiro atoms. The molecule has 0 saturated carbocycles. The summed E-state index contributed by atoms with van der Waals surface area (Å²) >= 11 is 6.15. The first-order valence-electron chi connectivity index (χ1n) is 7.77. The number of nitrogens with zero attached hydrogens (tertiary/aromatic N) is 3. The highest BCUT2D eigenvalue weighted by Crippen LogP contribution is 2.25. The summed E-state index contributed by atoms with van der Waals surface area (Å²) in [5.74, 6) is -1.00. The predicted molar refractivity (Wildman–Crippen MR) is 95.3 cm³/mol. The number of carboxylic acids is 1. The number of aliphatic carboxylic acids is 1. The van der Waals surface area contributed by atoms with E-state index in [4.69, 9.17) is 16.7 Å². The van der Waals surface area contributed by atoms with Crippen molar-refractivity contribution in [1.29, 1.82) is 0 Å². The number of aromatic nitrogens is 3. The topological polar surface area (TPSA) is 97.1 Å². The number of carboxylic acid groups (broad SMARTS) is 1. The first-order chi connectivity index (χ1) is 12.5. The fraction of sp³-hybridized carbons (Fsp3) is 0.111. The lowest BCUT2D eigenvalue weighted by atomic mass is 10.0. The van der Waals surface area contributed by atoms with Crippen molar-refractivity contribution in [3.63, 3.8) is 0 Å². The fourth-order valence-electron chi connectivity index (χ4n) is 2.49. The van der Waals surface area contributed by atoms with E-state index in [2.05, 4.69) is 15.3 Å². The van der Waals surface area contributed by atoms with Gasteiger partial charge in [-0.2, -0.15) is 0 Å². The second kappa shape index (κ2) is 7.79. The lowest BCUT2D eigenvalue weighted by Crippen LogP contribution is -2.31. The van der Waals surface area contributed by atoms with Gasteiger partial charge in [0.1, 0.15) is 17.8 Å². The number of amides is 1. The van der Waals surface area contributed by atoms with Crippen LogP contribution in [0.1, 0.15) is 28.5 Å². The minimum absolute atomic E-state index is 0.165. The molecule has 2 N–H and O–H groups in total. The maximum absolute atomic E-state index is 12.6. The molecule has 0 radical (unpaired) electrons. The fourth-order valence-corrected chi connectivity index (χ4v) is 2.76. The van der Waals surface area contributed by atoms with Crippen LogP contribution >= 0.6 is 11.6 Å². The molecule has 3 aromatic rings. The van der Waals surface area contributed by atoms with Crippen molar-refractivity contribution in [2.45, 2.75) is 12.5 Å². The Morgan fingerprint density at radius 1 is 1.19 bits per heavy atom. The van der Waals surface area contributed by atoms with Gasteiger partial charge >= 0.3 is 5.97 Å². The van der Waals surface area contributed by atoms with Crippen molar-refractivity contribution in [2.24, 2.45) is 0 Å². The van der Waals surface area contributed by atoms with Crippen LogP contribution in [-0.2, 0) is 4.79 Å². The maximum Gasteiger partial charge on any atom is 0.305 e. The van der Waals surface area contributed by atoms with Crippen LogP contribution in [0.25, 0.3) is 5.82 Å². The number of halogens is 1. The summed E-state index contributed by atoms with van der Waals surface area (Å²) in [7, 11) is 0. The molecule has 1 aromatic carbocycles. The summed E-state index contributed by atoms with van der Waals surface area (Å²) in [5.41, 5.74) is 0.703. The van der Waals surface area contributed by atoms with E-state index >= 15 is 0 Å². The van der Waals surface area contributed by atoms with Crippen molar-refractivity contribution < 1.29 is 14.7 Å². The monoisotopic (exact) mass is 370 g/mol. The molecule has 0 fully saturated rings. The van der Waals surface area contributed by atoms with E-state index in [1.165, 1.54) is 0 Å². The Kier molecular flexibility index (Phi) is 5.28. The van der Waals surface area contributed by atoms with Crippen LogP contribution in [0.2, 0.25) is 5.02 Å². The van der Waals surface area contributed by atoms with Crippen LogP contribution in [0.4, 0.5) is 0 Å². The van der Waals surface area contributed by atoms with Crippen LogP contribution in [0.5, 0.6) is 0 Å². The molecule has 7 nitrogen and oxygen atoms in total. The first-order valence-corrected chi connectivity index (χ1v) is 8.15. The minimum atomic E-state index is -1.05. The van der Waals surface area contributed by atoms with Gasteiger partial charge in [-0.1, -0.05) is 35.9 Å². The zero-order valence-electron chi connectivity index (χ0n) is 13.5. The highest BCUT2D eigenvalue weighted by molar-refractivity contribution is 6.31. The number of rotatable bonds is 6. The van der Waals surface area contributed by atoms with E-state index in [0.29, 0.717) is 16.4 Å². The molecule has 26 heavy (non-hydrogen) atoms. The van der Waals surface area contributed by atoms with Crippen LogP contribution in [0.15, 0.2) is 61.2 Å². The van der Waals surface area contributed by atoms with E-state index < -0.39 is 17.9 Å². The number of hydrogen-bond donors (Lipinski definition) is 2. The van der Waals surface area contributed by atoms with E-state index in [1.54, 1.807) is 65.8 Å². The highest BCUT2D eigenvalue weighted by atomic mass is 35.5. The molecule has 3 rings (SSSR count). The predicted octanol–water partition coefficient (Wildman–Crippen LogP) is 2.87. The first kappa shape index (κ1) is 17.6. The van der Waals surface area contributed by atoms with Crippen molar-refractivity contribution in [1.82, 2.24) is 19.9 Å². The Morgan fingerprint density at radius 3 is 2.69 bits per heavy atom. The Labute approximate surface area is 154 Å². The lowest BCUT2D eigenvalue weighted by molar-refractivity contribution is -0.137. The number of pyridine rings is 1. The van der Waals surface area contributed by atoms with Crippen molar-refractivity contribution >= 4 is 23.5 Å². The lowest BCUT2D eigenvalue weighted by Gasteiger charge is -2.18. The average molecular weight is 371 g/mol. The van der Waals surface area contributed by atoms with Gasteiger partial charge in [0.2, 0.25) is 0 Å². The van der Waals surface area contributed by atoms with E-state index in [9.17, 15) is 9.59 Å². The molecule has 2 aromatic heterocycles. The molecule has 0 aliphatic carbocycles. The highest BCUT2D eigenvalue weighted by Gasteiger charge is 2.21. The van der Waals surface area contributed by atoms with Gasteiger partial charge in [0.15, 0.2) is 0 Å². The Bertz CT molecular complexity index is 928. The third-order valence-electron chi connectivity index (χ3n) is 3.70. The summed E-state index contributed by atoms with van der Waals surface area (Å²) in [6.07, 6.45) is 4.59. The van der Waals surface area contributed by atoms with E-state index in [1.807, 2.05) is 0 Å². The standard InChI is InChI=1S/C18H15ClN4O3/c19-13-5-2-1-4-12(13)15(10-17(24)25)22-18(26)14-6-3-7-16(21-14)23-9-8-20-11-23/h1-9,11,15H,10H2,(H,22,26)(H,24,25). The molecule has 8 heteroatoms. The Hall–Kier alpha value is -3.19. The molecule has 0 aliphatic rings. The molecule has 1 unspecified atom stereocenters. The van der Waals surface area contributed by atoms with Crippen molar-refractivity contribution in [3.8, 4) is 5.82 Å². The second-order valence-electron chi connectivity index (χ2n) is 5.50. The summed E-state index contributed by atoms with van der Waals surface area (Å²) < 4.78 is 1.67. The maximum atomic E-state index is 12.6. The molecule has 132 valence electrons. The second-order valence-corrected chi connectivity index (χ2v) is 5.90.